The molecule has 1 unspecified atom stereocenters. The fourth-order valence-electron chi connectivity index (χ4n) is 5.63. The first kappa shape index (κ1) is 22.8. The first-order chi connectivity index (χ1) is 18.2. The molecule has 3 heterocycles. The Hall–Kier alpha value is -3.38. The minimum atomic E-state index is 0.502. The number of rotatable bonds is 7. The molecule has 0 aliphatic carbocycles. The van der Waals surface area contributed by atoms with Crippen LogP contribution in [0.15, 0.2) is 66.7 Å². The van der Waals surface area contributed by atoms with Gasteiger partial charge in [0.2, 0.25) is 0 Å². The topological polar surface area (TPSA) is 64.9 Å². The van der Waals surface area contributed by atoms with Gasteiger partial charge in [0.1, 0.15) is 0 Å². The van der Waals surface area contributed by atoms with Gasteiger partial charge < -0.3 is 25.3 Å². The number of fused-ring (bicyclic) bond motifs is 7. The summed E-state index contributed by atoms with van der Waals surface area (Å²) >= 11 is 12.7. The molecule has 186 valence electrons. The van der Waals surface area contributed by atoms with Crippen molar-refractivity contribution in [1.82, 2.24) is 15.3 Å². The Morgan fingerprint density at radius 1 is 0.811 bits per heavy atom. The van der Waals surface area contributed by atoms with Crippen molar-refractivity contribution in [2.45, 2.75) is 12.3 Å². The Morgan fingerprint density at radius 3 is 2.19 bits per heavy atom. The lowest BCUT2D eigenvalue weighted by Gasteiger charge is -2.13. The van der Waals surface area contributed by atoms with Crippen LogP contribution in [-0.2, 0) is 0 Å². The van der Waals surface area contributed by atoms with Crippen molar-refractivity contribution in [1.29, 1.82) is 0 Å². The van der Waals surface area contributed by atoms with Crippen molar-refractivity contribution in [2.75, 3.05) is 31.6 Å². The molecular weight excluding hydrogens is 503 g/mol. The number of halogens is 2. The molecule has 37 heavy (non-hydrogen) atoms. The van der Waals surface area contributed by atoms with Crippen LogP contribution >= 0.6 is 23.2 Å². The zero-order chi connectivity index (χ0) is 24.9. The van der Waals surface area contributed by atoms with Gasteiger partial charge in [0.05, 0.1) is 17.6 Å². The molecule has 2 aromatic heterocycles. The van der Waals surface area contributed by atoms with E-state index in [2.05, 4.69) is 50.9 Å². The quantitative estimate of drug-likeness (QED) is 0.159. The predicted octanol–water partition coefficient (Wildman–Crippen LogP) is 7.83. The second-order valence-electron chi connectivity index (χ2n) is 9.75. The van der Waals surface area contributed by atoms with E-state index in [1.165, 1.54) is 11.3 Å². The second-order valence-corrected chi connectivity index (χ2v) is 10.6. The van der Waals surface area contributed by atoms with E-state index in [1.54, 1.807) is 0 Å². The molecule has 6 aromatic rings. The van der Waals surface area contributed by atoms with Gasteiger partial charge >= 0.3 is 0 Å². The maximum atomic E-state index is 6.50. The van der Waals surface area contributed by atoms with Crippen LogP contribution in [0.1, 0.15) is 17.9 Å². The third-order valence-corrected chi connectivity index (χ3v) is 7.89. The van der Waals surface area contributed by atoms with Crippen LogP contribution in [0.5, 0.6) is 5.75 Å². The van der Waals surface area contributed by atoms with Crippen LogP contribution < -0.4 is 15.4 Å². The lowest BCUT2D eigenvalue weighted by molar-refractivity contribution is 0.313. The van der Waals surface area contributed by atoms with E-state index in [1.807, 2.05) is 36.4 Å². The number of benzene rings is 4. The van der Waals surface area contributed by atoms with E-state index in [4.69, 9.17) is 27.9 Å². The zero-order valence-electron chi connectivity index (χ0n) is 20.1. The van der Waals surface area contributed by atoms with E-state index in [0.717, 1.165) is 75.4 Å². The lowest BCUT2D eigenvalue weighted by Crippen LogP contribution is -2.24. The first-order valence-electron chi connectivity index (χ1n) is 12.7. The molecule has 1 atom stereocenters. The molecule has 0 radical (unpaired) electrons. The highest BCUT2D eigenvalue weighted by Gasteiger charge is 2.21. The summed E-state index contributed by atoms with van der Waals surface area (Å²) in [6, 6.07) is 22.6. The molecule has 7 heteroatoms. The number of anilines is 1. The van der Waals surface area contributed by atoms with Crippen molar-refractivity contribution >= 4 is 72.5 Å². The lowest BCUT2D eigenvalue weighted by atomic mass is 10.0. The summed E-state index contributed by atoms with van der Waals surface area (Å²) in [5.41, 5.74) is 6.68. The molecule has 1 aliphatic rings. The first-order valence-corrected chi connectivity index (χ1v) is 13.4. The van der Waals surface area contributed by atoms with Crippen LogP contribution in [0.4, 0.5) is 5.69 Å². The highest BCUT2D eigenvalue weighted by Crippen LogP contribution is 2.42. The Kier molecular flexibility index (Phi) is 5.65. The number of para-hydroxylation sites is 1. The Balaban J connectivity index is 1.15. The number of ether oxygens (including phenoxy) is 1. The summed E-state index contributed by atoms with van der Waals surface area (Å²) in [7, 11) is 0. The molecule has 0 fully saturated rings. The fourth-order valence-corrected chi connectivity index (χ4v) is 5.97. The number of aromatic nitrogens is 2. The minimum Gasteiger partial charge on any atom is -0.489 e. The Labute approximate surface area is 224 Å². The van der Waals surface area contributed by atoms with Crippen molar-refractivity contribution < 1.29 is 4.74 Å². The van der Waals surface area contributed by atoms with Gasteiger partial charge in [-0.1, -0.05) is 41.4 Å². The molecule has 0 saturated heterocycles. The Morgan fingerprint density at radius 2 is 1.49 bits per heavy atom. The summed E-state index contributed by atoms with van der Waals surface area (Å²) < 4.78 is 6.50. The van der Waals surface area contributed by atoms with Gasteiger partial charge in [0.25, 0.3) is 0 Å². The summed E-state index contributed by atoms with van der Waals surface area (Å²) in [5.74, 6) is 1.34. The molecule has 4 aromatic carbocycles. The number of H-pyrrole nitrogens is 2. The van der Waals surface area contributed by atoms with Gasteiger partial charge in [0.15, 0.2) is 5.75 Å². The van der Waals surface area contributed by atoms with Crippen LogP contribution in [0.2, 0.25) is 10.0 Å². The molecule has 0 amide bonds. The number of hydrogen-bond acceptors (Lipinski definition) is 3. The van der Waals surface area contributed by atoms with Crippen molar-refractivity contribution in [3.05, 3.63) is 82.3 Å². The van der Waals surface area contributed by atoms with Gasteiger partial charge in [-0.25, -0.2) is 0 Å². The molecule has 0 bridgehead atoms. The molecule has 1 aliphatic heterocycles. The van der Waals surface area contributed by atoms with Crippen LogP contribution in [0, 0.1) is 0 Å². The molecule has 0 saturated carbocycles. The molecule has 4 N–H and O–H groups in total. The highest BCUT2D eigenvalue weighted by molar-refractivity contribution is 6.33. The van der Waals surface area contributed by atoms with Crippen molar-refractivity contribution in [3.8, 4) is 5.75 Å². The molecule has 7 rings (SSSR count). The van der Waals surface area contributed by atoms with Gasteiger partial charge in [0, 0.05) is 67.3 Å². The third-order valence-electron chi connectivity index (χ3n) is 7.42. The van der Waals surface area contributed by atoms with E-state index in [-0.39, 0.29) is 0 Å². The minimum absolute atomic E-state index is 0.502. The zero-order valence-corrected chi connectivity index (χ0v) is 21.6. The third kappa shape index (κ3) is 3.98. The van der Waals surface area contributed by atoms with Crippen molar-refractivity contribution in [2.24, 2.45) is 0 Å². The van der Waals surface area contributed by atoms with E-state index < -0.39 is 0 Å². The van der Waals surface area contributed by atoms with Crippen molar-refractivity contribution in [3.63, 3.8) is 0 Å². The van der Waals surface area contributed by atoms with Gasteiger partial charge in [-0.05, 0) is 67.1 Å². The maximum Gasteiger partial charge on any atom is 0.167 e. The van der Waals surface area contributed by atoms with Gasteiger partial charge in [-0.15, -0.1) is 0 Å². The van der Waals surface area contributed by atoms with E-state index in [9.17, 15) is 0 Å². The average Bonchev–Trinajstić information content (AvgIpc) is 3.59. The smallest absolute Gasteiger partial charge is 0.167 e. The van der Waals surface area contributed by atoms with Crippen LogP contribution in [-0.4, -0.2) is 36.2 Å². The van der Waals surface area contributed by atoms with E-state index in [0.29, 0.717) is 22.6 Å². The summed E-state index contributed by atoms with van der Waals surface area (Å²) in [6.07, 6.45) is 0.901. The molecule has 0 spiro atoms. The largest absolute Gasteiger partial charge is 0.489 e. The number of nitrogens with one attached hydrogen (secondary N) is 4. The van der Waals surface area contributed by atoms with Gasteiger partial charge in [-0.3, -0.25) is 0 Å². The average molecular weight is 529 g/mol. The summed E-state index contributed by atoms with van der Waals surface area (Å²) in [4.78, 5) is 7.14. The van der Waals surface area contributed by atoms with Crippen LogP contribution in [0.25, 0.3) is 43.6 Å². The summed E-state index contributed by atoms with van der Waals surface area (Å²) in [5, 5.41) is 12.9. The fraction of sp³-hybridized carbons (Fsp3) is 0.200. The number of aromatic amines is 2. The van der Waals surface area contributed by atoms with Gasteiger partial charge in [-0.2, -0.15) is 0 Å². The normalized spacial score (nSPS) is 15.1. The number of hydrogen-bond donors (Lipinski definition) is 4. The molecule has 5 nitrogen and oxygen atoms in total. The second kappa shape index (κ2) is 9.18. The van der Waals surface area contributed by atoms with Crippen LogP contribution in [0.3, 0.4) is 0 Å². The summed E-state index contributed by atoms with van der Waals surface area (Å²) in [6.45, 7) is 3.43. The monoisotopic (exact) mass is 528 g/mol. The molecular formula is C30H26Cl2N4O. The Bertz CT molecular complexity index is 1690. The SMILES string of the molecule is Clc1ccc2[nH]c3c(OCCCNCC4CNc5ccccc54)c4[nH]c5ccc(Cl)cc5c4cc3c2c1. The standard InChI is InChI=1S/C30H26Cl2N4O/c31-18-6-8-26-21(12-18)23-14-24-22-13-19(32)7-9-27(22)36-29(24)30(28(23)35-26)37-11-3-10-33-15-17-16-34-25-5-2-1-4-20(17)25/h1-2,4-9,12-14,17,33-36H,3,10-11,15-16H2. The predicted molar refractivity (Wildman–Crippen MR) is 156 cm³/mol. The highest BCUT2D eigenvalue weighted by atomic mass is 35.5. The maximum absolute atomic E-state index is 6.50. The van der Waals surface area contributed by atoms with E-state index >= 15 is 0 Å².